The van der Waals surface area contributed by atoms with Gasteiger partial charge in [0.2, 0.25) is 0 Å². The van der Waals surface area contributed by atoms with Gasteiger partial charge in [0, 0.05) is 5.02 Å². The molecule has 0 saturated heterocycles. The zero-order valence-corrected chi connectivity index (χ0v) is 8.97. The zero-order chi connectivity index (χ0) is 9.97. The van der Waals surface area contributed by atoms with Gasteiger partial charge in [0.1, 0.15) is 0 Å². The number of rotatable bonds is 3. The lowest BCUT2D eigenvalue weighted by Gasteiger charge is -2.12. The molecule has 0 heterocycles. The first-order valence-corrected chi connectivity index (χ1v) is 5.34. The van der Waals surface area contributed by atoms with Gasteiger partial charge in [-0.25, -0.2) is 0 Å². The van der Waals surface area contributed by atoms with Crippen LogP contribution in [0.25, 0.3) is 0 Å². The van der Waals surface area contributed by atoms with E-state index in [1.165, 1.54) is 11.1 Å². The lowest BCUT2D eigenvalue weighted by atomic mass is 10.1. The second-order valence-electron chi connectivity index (χ2n) is 3.49. The van der Waals surface area contributed by atoms with Gasteiger partial charge in [-0.1, -0.05) is 17.7 Å². The van der Waals surface area contributed by atoms with Crippen molar-refractivity contribution in [3.8, 4) is 0 Å². The van der Waals surface area contributed by atoms with Crippen LogP contribution in [0.15, 0.2) is 18.2 Å². The van der Waals surface area contributed by atoms with E-state index in [-0.39, 0.29) is 0 Å². The Bertz CT molecular complexity index is 327. The summed E-state index contributed by atoms with van der Waals surface area (Å²) in [5.41, 5.74) is 5.73. The molecule has 1 aliphatic rings. The molecule has 0 aliphatic heterocycles. The molecule has 1 unspecified atom stereocenters. The minimum atomic E-state index is 0.335. The standard InChI is InChI=1S/C11H14ClNO/c1-2-14-13-11-6-3-8-7-9(12)4-5-10(8)11/h4-5,7,11,13H,2-3,6H2,1H3. The summed E-state index contributed by atoms with van der Waals surface area (Å²) in [5.74, 6) is 0. The van der Waals surface area contributed by atoms with Crippen LogP contribution in [0, 0.1) is 0 Å². The van der Waals surface area contributed by atoms with Gasteiger partial charge in [0.25, 0.3) is 0 Å². The van der Waals surface area contributed by atoms with Gasteiger partial charge in [-0.3, -0.25) is 0 Å². The van der Waals surface area contributed by atoms with Crippen molar-refractivity contribution in [2.24, 2.45) is 0 Å². The van der Waals surface area contributed by atoms with E-state index in [9.17, 15) is 0 Å². The first-order valence-electron chi connectivity index (χ1n) is 4.97. The minimum absolute atomic E-state index is 0.335. The maximum Gasteiger partial charge on any atom is 0.0654 e. The predicted molar refractivity (Wildman–Crippen MR) is 57.3 cm³/mol. The van der Waals surface area contributed by atoms with Gasteiger partial charge in [-0.2, -0.15) is 5.48 Å². The van der Waals surface area contributed by atoms with Crippen molar-refractivity contribution in [2.75, 3.05) is 6.61 Å². The van der Waals surface area contributed by atoms with Gasteiger partial charge in [0.05, 0.1) is 12.6 Å². The molecule has 2 rings (SSSR count). The Labute approximate surface area is 89.2 Å². The highest BCUT2D eigenvalue weighted by molar-refractivity contribution is 6.30. The number of hydroxylamine groups is 1. The molecule has 1 atom stereocenters. The van der Waals surface area contributed by atoms with Gasteiger partial charge < -0.3 is 4.84 Å². The number of fused-ring (bicyclic) bond motifs is 1. The van der Waals surface area contributed by atoms with E-state index in [1.807, 2.05) is 19.1 Å². The van der Waals surface area contributed by atoms with Crippen LogP contribution in [0.5, 0.6) is 0 Å². The molecule has 76 valence electrons. The van der Waals surface area contributed by atoms with Crippen molar-refractivity contribution in [2.45, 2.75) is 25.8 Å². The number of benzene rings is 1. The quantitative estimate of drug-likeness (QED) is 0.777. The Hall–Kier alpha value is -0.570. The molecule has 0 radical (unpaired) electrons. The number of hydrogen-bond donors (Lipinski definition) is 1. The van der Waals surface area contributed by atoms with Crippen molar-refractivity contribution < 1.29 is 4.84 Å². The van der Waals surface area contributed by atoms with Crippen LogP contribution in [-0.4, -0.2) is 6.61 Å². The van der Waals surface area contributed by atoms with Gasteiger partial charge in [-0.15, -0.1) is 0 Å². The topological polar surface area (TPSA) is 21.3 Å². The Morgan fingerprint density at radius 1 is 1.57 bits per heavy atom. The van der Waals surface area contributed by atoms with E-state index < -0.39 is 0 Å². The third-order valence-electron chi connectivity index (χ3n) is 2.55. The molecular formula is C11H14ClNO. The summed E-state index contributed by atoms with van der Waals surface area (Å²) in [6.45, 7) is 2.67. The second kappa shape index (κ2) is 4.30. The van der Waals surface area contributed by atoms with E-state index >= 15 is 0 Å². The van der Waals surface area contributed by atoms with Crippen LogP contribution in [0.1, 0.15) is 30.5 Å². The fraction of sp³-hybridized carbons (Fsp3) is 0.455. The van der Waals surface area contributed by atoms with E-state index in [4.69, 9.17) is 16.4 Å². The lowest BCUT2D eigenvalue weighted by molar-refractivity contribution is 0.0244. The first kappa shape index (κ1) is 9.97. The molecule has 1 aromatic rings. The summed E-state index contributed by atoms with van der Waals surface area (Å²) in [6, 6.07) is 6.40. The molecule has 2 nitrogen and oxygen atoms in total. The van der Waals surface area contributed by atoms with Crippen molar-refractivity contribution in [3.63, 3.8) is 0 Å². The molecule has 0 amide bonds. The van der Waals surface area contributed by atoms with Crippen LogP contribution < -0.4 is 5.48 Å². The molecule has 1 aliphatic carbocycles. The average molecular weight is 212 g/mol. The number of aryl methyl sites for hydroxylation is 1. The van der Waals surface area contributed by atoms with Gasteiger partial charge >= 0.3 is 0 Å². The molecule has 3 heteroatoms. The number of halogens is 1. The Balaban J connectivity index is 2.14. The monoisotopic (exact) mass is 211 g/mol. The Morgan fingerprint density at radius 2 is 2.43 bits per heavy atom. The van der Waals surface area contributed by atoms with E-state index in [1.54, 1.807) is 0 Å². The maximum absolute atomic E-state index is 5.92. The molecule has 0 aromatic heterocycles. The Kier molecular flexibility index (Phi) is 3.06. The number of hydrogen-bond acceptors (Lipinski definition) is 2. The normalized spacial score (nSPS) is 19.7. The average Bonchev–Trinajstić information content (AvgIpc) is 2.57. The summed E-state index contributed by atoms with van der Waals surface area (Å²) < 4.78 is 0. The van der Waals surface area contributed by atoms with Crippen molar-refractivity contribution in [1.82, 2.24) is 5.48 Å². The molecule has 14 heavy (non-hydrogen) atoms. The van der Waals surface area contributed by atoms with E-state index in [0.717, 1.165) is 17.9 Å². The number of nitrogens with one attached hydrogen (secondary N) is 1. The van der Waals surface area contributed by atoms with Crippen molar-refractivity contribution in [1.29, 1.82) is 0 Å². The fourth-order valence-corrected chi connectivity index (χ4v) is 2.09. The summed E-state index contributed by atoms with van der Waals surface area (Å²) in [6.07, 6.45) is 2.18. The van der Waals surface area contributed by atoms with Crippen LogP contribution in [0.4, 0.5) is 0 Å². The molecule has 0 bridgehead atoms. The lowest BCUT2D eigenvalue weighted by Crippen LogP contribution is -2.19. The van der Waals surface area contributed by atoms with Crippen LogP contribution in [0.3, 0.4) is 0 Å². The third kappa shape index (κ3) is 1.92. The van der Waals surface area contributed by atoms with Crippen LogP contribution >= 0.6 is 11.6 Å². The fourth-order valence-electron chi connectivity index (χ4n) is 1.89. The highest BCUT2D eigenvalue weighted by Crippen LogP contribution is 2.32. The molecule has 0 fully saturated rings. The van der Waals surface area contributed by atoms with Crippen molar-refractivity contribution >= 4 is 11.6 Å². The zero-order valence-electron chi connectivity index (χ0n) is 8.22. The molecule has 0 saturated carbocycles. The van der Waals surface area contributed by atoms with Gasteiger partial charge in [0.15, 0.2) is 0 Å². The largest absolute Gasteiger partial charge is 0.302 e. The van der Waals surface area contributed by atoms with Crippen LogP contribution in [0.2, 0.25) is 5.02 Å². The van der Waals surface area contributed by atoms with Crippen molar-refractivity contribution in [3.05, 3.63) is 34.3 Å². The van der Waals surface area contributed by atoms with Gasteiger partial charge in [-0.05, 0) is 43.0 Å². The predicted octanol–water partition coefficient (Wildman–Crippen LogP) is 2.87. The summed E-state index contributed by atoms with van der Waals surface area (Å²) in [7, 11) is 0. The first-order chi connectivity index (χ1) is 6.81. The van der Waals surface area contributed by atoms with E-state index in [0.29, 0.717) is 12.6 Å². The molecule has 1 N–H and O–H groups in total. The summed E-state index contributed by atoms with van der Waals surface area (Å²) in [5, 5.41) is 0.820. The highest BCUT2D eigenvalue weighted by Gasteiger charge is 2.22. The highest BCUT2D eigenvalue weighted by atomic mass is 35.5. The molecular weight excluding hydrogens is 198 g/mol. The van der Waals surface area contributed by atoms with Crippen LogP contribution in [-0.2, 0) is 11.3 Å². The second-order valence-corrected chi connectivity index (χ2v) is 3.92. The molecule has 0 spiro atoms. The smallest absolute Gasteiger partial charge is 0.0654 e. The maximum atomic E-state index is 5.92. The van der Waals surface area contributed by atoms with E-state index in [2.05, 4.69) is 11.5 Å². The molecule has 1 aromatic carbocycles. The Morgan fingerprint density at radius 3 is 3.21 bits per heavy atom. The SMILES string of the molecule is CCONC1CCc2cc(Cl)ccc21. The summed E-state index contributed by atoms with van der Waals surface area (Å²) in [4.78, 5) is 5.22. The summed E-state index contributed by atoms with van der Waals surface area (Å²) >= 11 is 5.92. The third-order valence-corrected chi connectivity index (χ3v) is 2.79. The minimum Gasteiger partial charge on any atom is -0.302 e.